The van der Waals surface area contributed by atoms with Gasteiger partial charge in [0.25, 0.3) is 0 Å². The number of fused-ring (bicyclic) bond motifs is 3. The van der Waals surface area contributed by atoms with Crippen molar-refractivity contribution in [2.75, 3.05) is 45.1 Å². The molecule has 0 amide bonds. The number of rotatable bonds is 8. The van der Waals surface area contributed by atoms with Crippen molar-refractivity contribution in [3.05, 3.63) is 77.6 Å². The Bertz CT molecular complexity index is 1700. The molecule has 1 N–H and O–H groups in total. The first-order valence-electron chi connectivity index (χ1n) is 14.7. The summed E-state index contributed by atoms with van der Waals surface area (Å²) in [6, 6.07) is 10.7. The lowest BCUT2D eigenvalue weighted by Gasteiger charge is -2.32. The molecule has 2 aliphatic rings. The Hall–Kier alpha value is -4.35. The fourth-order valence-electron chi connectivity index (χ4n) is 6.00. The lowest BCUT2D eigenvalue weighted by Crippen LogP contribution is -2.45. The van der Waals surface area contributed by atoms with E-state index in [0.29, 0.717) is 5.95 Å². The predicted molar refractivity (Wildman–Crippen MR) is 163 cm³/mol. The number of hydrogen-bond acceptors (Lipinski definition) is 8. The van der Waals surface area contributed by atoms with Crippen LogP contribution in [-0.4, -0.2) is 88.9 Å². The molecule has 11 nitrogen and oxygen atoms in total. The van der Waals surface area contributed by atoms with Crippen molar-refractivity contribution in [2.45, 2.75) is 25.8 Å². The van der Waals surface area contributed by atoms with E-state index in [4.69, 9.17) is 15.2 Å². The summed E-state index contributed by atoms with van der Waals surface area (Å²) in [7, 11) is 6.16. The molecule has 7 rings (SSSR count). The first-order valence-corrected chi connectivity index (χ1v) is 14.7. The third-order valence-electron chi connectivity index (χ3n) is 8.43. The highest BCUT2D eigenvalue weighted by Crippen LogP contribution is 2.36. The molecule has 11 heteroatoms. The van der Waals surface area contributed by atoms with Crippen LogP contribution in [0.4, 0.5) is 11.8 Å². The van der Waals surface area contributed by atoms with Crippen molar-refractivity contribution in [2.24, 2.45) is 14.1 Å². The molecular formula is C31H37N11. The molecule has 1 fully saturated rings. The Balaban J connectivity index is 1.10. The number of aromatic nitrogens is 8. The molecule has 1 aliphatic carbocycles. The monoisotopic (exact) mass is 563 g/mol. The van der Waals surface area contributed by atoms with Crippen molar-refractivity contribution in [3.63, 3.8) is 0 Å². The average molecular weight is 564 g/mol. The summed E-state index contributed by atoms with van der Waals surface area (Å²) in [5.41, 5.74) is 9.01. The van der Waals surface area contributed by atoms with Gasteiger partial charge in [0.05, 0.1) is 29.8 Å². The van der Waals surface area contributed by atoms with E-state index < -0.39 is 0 Å². The second kappa shape index (κ2) is 11.1. The minimum absolute atomic E-state index is 0.555. The number of aryl methyl sites for hydroxylation is 4. The van der Waals surface area contributed by atoms with Gasteiger partial charge in [0.1, 0.15) is 0 Å². The number of hydrogen-bond donors (Lipinski definition) is 1. The van der Waals surface area contributed by atoms with Gasteiger partial charge >= 0.3 is 0 Å². The molecule has 0 atom stereocenters. The van der Waals surface area contributed by atoms with E-state index >= 15 is 0 Å². The molecule has 42 heavy (non-hydrogen) atoms. The Kier molecular flexibility index (Phi) is 7.04. The van der Waals surface area contributed by atoms with Gasteiger partial charge in [0.15, 0.2) is 5.82 Å². The zero-order chi connectivity index (χ0) is 28.6. The van der Waals surface area contributed by atoms with Gasteiger partial charge in [-0.25, -0.2) is 9.97 Å². The number of piperazine rings is 1. The summed E-state index contributed by atoms with van der Waals surface area (Å²) in [4.78, 5) is 14.5. The van der Waals surface area contributed by atoms with Crippen LogP contribution in [0.5, 0.6) is 0 Å². The zero-order valence-corrected chi connectivity index (χ0v) is 24.5. The Morgan fingerprint density at radius 3 is 2.62 bits per heavy atom. The van der Waals surface area contributed by atoms with E-state index in [0.717, 1.165) is 104 Å². The smallest absolute Gasteiger partial charge is 0.228 e. The maximum absolute atomic E-state index is 5.02. The molecule has 0 unspecified atom stereocenters. The molecule has 5 aromatic rings. The highest BCUT2D eigenvalue weighted by molar-refractivity contribution is 5.72. The van der Waals surface area contributed by atoms with Crippen LogP contribution >= 0.6 is 0 Å². The highest BCUT2D eigenvalue weighted by atomic mass is 15.3. The molecule has 5 heterocycles. The minimum atomic E-state index is 0.555. The molecule has 1 saturated heterocycles. The largest absolute Gasteiger partial charge is 0.307 e. The summed E-state index contributed by atoms with van der Waals surface area (Å²) in [5, 5.41) is 17.3. The standard InChI is InChI=1S/C31H37N11/c1-38-11-13-41(14-12-38)15-16-42-10-9-28(37-42)34-31-32-19-24-7-8-26-29(30(24)35-31)27(40(3)36-26)18-22-5-4-6-23(17-22)25-20-33-39(2)21-25/h4-6,9-10,17,19-21H,7-8,11-16,18H2,1-3H3,(H,32,34,35,37). The fourth-order valence-corrected chi connectivity index (χ4v) is 6.00. The second-order valence-corrected chi connectivity index (χ2v) is 11.5. The van der Waals surface area contributed by atoms with Gasteiger partial charge in [0.2, 0.25) is 5.95 Å². The number of nitrogens with zero attached hydrogens (tertiary/aromatic N) is 10. The number of benzene rings is 1. The average Bonchev–Trinajstić information content (AvgIpc) is 3.72. The van der Waals surface area contributed by atoms with Gasteiger partial charge in [-0.3, -0.25) is 18.9 Å². The van der Waals surface area contributed by atoms with Crippen molar-refractivity contribution < 1.29 is 0 Å². The van der Waals surface area contributed by atoms with Gasteiger partial charge in [-0.1, -0.05) is 24.3 Å². The number of anilines is 2. The third kappa shape index (κ3) is 5.45. The van der Waals surface area contributed by atoms with Crippen LogP contribution in [0.15, 0.2) is 55.1 Å². The van der Waals surface area contributed by atoms with Crippen molar-refractivity contribution >= 4 is 11.8 Å². The highest BCUT2D eigenvalue weighted by Gasteiger charge is 2.26. The first kappa shape index (κ1) is 26.5. The first-order chi connectivity index (χ1) is 20.5. The van der Waals surface area contributed by atoms with E-state index in [1.165, 1.54) is 5.56 Å². The van der Waals surface area contributed by atoms with E-state index in [-0.39, 0.29) is 0 Å². The van der Waals surface area contributed by atoms with Crippen LogP contribution in [0.3, 0.4) is 0 Å². The number of nitrogens with one attached hydrogen (secondary N) is 1. The lowest BCUT2D eigenvalue weighted by atomic mass is 9.91. The Morgan fingerprint density at radius 1 is 0.905 bits per heavy atom. The normalized spacial score (nSPS) is 15.5. The predicted octanol–water partition coefficient (Wildman–Crippen LogP) is 3.15. The fraction of sp³-hybridized carbons (Fsp3) is 0.387. The van der Waals surface area contributed by atoms with Gasteiger partial charge in [-0.2, -0.15) is 15.3 Å². The third-order valence-corrected chi connectivity index (χ3v) is 8.43. The molecule has 1 aromatic carbocycles. The van der Waals surface area contributed by atoms with Gasteiger partial charge in [-0.15, -0.1) is 0 Å². The zero-order valence-electron chi connectivity index (χ0n) is 24.5. The van der Waals surface area contributed by atoms with Crippen LogP contribution in [-0.2, 0) is 39.9 Å². The molecule has 0 radical (unpaired) electrons. The van der Waals surface area contributed by atoms with Crippen LogP contribution in [0.1, 0.15) is 22.5 Å². The molecule has 0 spiro atoms. The van der Waals surface area contributed by atoms with Crippen LogP contribution in [0.25, 0.3) is 22.4 Å². The summed E-state index contributed by atoms with van der Waals surface area (Å²) in [6.45, 7) is 6.34. The van der Waals surface area contributed by atoms with Crippen LogP contribution in [0, 0.1) is 0 Å². The lowest BCUT2D eigenvalue weighted by molar-refractivity contribution is 0.149. The topological polar surface area (TPSA) is 97.7 Å². The van der Waals surface area contributed by atoms with Gasteiger partial charge < -0.3 is 10.2 Å². The number of likely N-dealkylation sites (N-methyl/N-ethyl adjacent to an activating group) is 1. The van der Waals surface area contributed by atoms with E-state index in [2.05, 4.69) is 56.5 Å². The van der Waals surface area contributed by atoms with Crippen molar-refractivity contribution in [3.8, 4) is 22.4 Å². The second-order valence-electron chi connectivity index (χ2n) is 11.5. The Morgan fingerprint density at radius 2 is 1.79 bits per heavy atom. The molecule has 0 bridgehead atoms. The molecule has 0 saturated carbocycles. The van der Waals surface area contributed by atoms with Crippen molar-refractivity contribution in [1.82, 2.24) is 49.1 Å². The Labute approximate surface area is 245 Å². The van der Waals surface area contributed by atoms with Crippen LogP contribution in [0.2, 0.25) is 0 Å². The molecule has 216 valence electrons. The molecular weight excluding hydrogens is 526 g/mol. The van der Waals surface area contributed by atoms with E-state index in [1.54, 1.807) is 0 Å². The van der Waals surface area contributed by atoms with Crippen molar-refractivity contribution in [1.29, 1.82) is 0 Å². The van der Waals surface area contributed by atoms with E-state index in [9.17, 15) is 0 Å². The SMILES string of the molecule is CN1CCN(CCn2ccc(Nc3ncc4c(n3)-c3c(nn(C)c3Cc3cccc(-c5cnn(C)c5)c3)CC4)n2)CC1. The maximum Gasteiger partial charge on any atom is 0.228 e. The van der Waals surface area contributed by atoms with E-state index in [1.807, 2.05) is 59.0 Å². The summed E-state index contributed by atoms with van der Waals surface area (Å²) < 4.78 is 5.85. The van der Waals surface area contributed by atoms with Crippen LogP contribution < -0.4 is 5.32 Å². The summed E-state index contributed by atoms with van der Waals surface area (Å²) in [5.74, 6) is 1.31. The maximum atomic E-state index is 5.02. The van der Waals surface area contributed by atoms with Gasteiger partial charge in [0, 0.05) is 89.0 Å². The molecule has 1 aliphatic heterocycles. The quantitative estimate of drug-likeness (QED) is 0.308. The molecule has 4 aromatic heterocycles. The summed E-state index contributed by atoms with van der Waals surface area (Å²) in [6.07, 6.45) is 10.5. The van der Waals surface area contributed by atoms with Gasteiger partial charge in [-0.05, 0) is 36.6 Å². The minimum Gasteiger partial charge on any atom is -0.307 e. The summed E-state index contributed by atoms with van der Waals surface area (Å²) >= 11 is 0.